The zero-order chi connectivity index (χ0) is 14.8. The number of benzene rings is 2. The highest BCUT2D eigenvalue weighted by molar-refractivity contribution is 5.22. The lowest BCUT2D eigenvalue weighted by Gasteiger charge is -2.52. The smallest absolute Gasteiger partial charge is 0.0186 e. The molecular weight excluding hydrogens is 264 g/mol. The van der Waals surface area contributed by atoms with E-state index in [1.807, 2.05) is 0 Å². The van der Waals surface area contributed by atoms with Crippen LogP contribution in [0.2, 0.25) is 0 Å². The average molecular weight is 290 g/mol. The predicted octanol–water partition coefficient (Wildman–Crippen LogP) is 5.67. The maximum absolute atomic E-state index is 2.33. The standard InChI is InChI=1S/C22H26/c1-3-7-18(8-4-1)15-22(16-19-9-5-2-6-10-19)17-20-11-13-21(22)14-12-20/h1-10,20-21H,11-17H2. The summed E-state index contributed by atoms with van der Waals surface area (Å²) in [6, 6.07) is 22.4. The van der Waals surface area contributed by atoms with E-state index in [2.05, 4.69) is 60.7 Å². The Morgan fingerprint density at radius 1 is 0.682 bits per heavy atom. The number of fused-ring (bicyclic) bond motifs is 3. The van der Waals surface area contributed by atoms with Crippen LogP contribution in [0.1, 0.15) is 43.2 Å². The van der Waals surface area contributed by atoms with Gasteiger partial charge in [0.25, 0.3) is 0 Å². The summed E-state index contributed by atoms with van der Waals surface area (Å²) in [5.74, 6) is 1.91. The van der Waals surface area contributed by atoms with Crippen LogP contribution in [-0.4, -0.2) is 0 Å². The van der Waals surface area contributed by atoms with E-state index >= 15 is 0 Å². The molecule has 0 nitrogen and oxygen atoms in total. The van der Waals surface area contributed by atoms with Crippen LogP contribution in [0.25, 0.3) is 0 Å². The van der Waals surface area contributed by atoms with E-state index in [0.29, 0.717) is 5.41 Å². The van der Waals surface area contributed by atoms with E-state index in [4.69, 9.17) is 0 Å². The molecule has 0 unspecified atom stereocenters. The van der Waals surface area contributed by atoms with E-state index in [-0.39, 0.29) is 0 Å². The minimum Gasteiger partial charge on any atom is -0.0622 e. The first-order valence-corrected chi connectivity index (χ1v) is 8.92. The number of rotatable bonds is 4. The third-order valence-electron chi connectivity index (χ3n) is 6.21. The molecule has 0 radical (unpaired) electrons. The third-order valence-corrected chi connectivity index (χ3v) is 6.21. The molecule has 0 aliphatic heterocycles. The van der Waals surface area contributed by atoms with E-state index < -0.39 is 0 Å². The molecule has 3 aliphatic carbocycles. The second-order valence-corrected chi connectivity index (χ2v) is 7.61. The minimum atomic E-state index is 0.504. The van der Waals surface area contributed by atoms with Gasteiger partial charge in [-0.2, -0.15) is 0 Å². The largest absolute Gasteiger partial charge is 0.0622 e. The summed E-state index contributed by atoms with van der Waals surface area (Å²) in [5, 5.41) is 0. The first-order chi connectivity index (χ1) is 10.8. The fourth-order valence-electron chi connectivity index (χ4n) is 5.22. The topological polar surface area (TPSA) is 0 Å². The lowest BCUT2D eigenvalue weighted by molar-refractivity contribution is 0.00103. The molecule has 0 heteroatoms. The summed E-state index contributed by atoms with van der Waals surface area (Å²) < 4.78 is 0. The molecule has 0 saturated heterocycles. The van der Waals surface area contributed by atoms with Crippen molar-refractivity contribution in [2.45, 2.75) is 44.9 Å². The molecule has 0 atom stereocenters. The van der Waals surface area contributed by atoms with E-state index in [1.54, 1.807) is 0 Å². The summed E-state index contributed by atoms with van der Waals surface area (Å²) in [5.41, 5.74) is 3.57. The first kappa shape index (κ1) is 14.1. The molecule has 2 aromatic carbocycles. The van der Waals surface area contributed by atoms with Crippen molar-refractivity contribution in [2.75, 3.05) is 0 Å². The highest BCUT2D eigenvalue weighted by atomic mass is 14.5. The van der Waals surface area contributed by atoms with Crippen LogP contribution in [0.5, 0.6) is 0 Å². The van der Waals surface area contributed by atoms with Gasteiger partial charge < -0.3 is 0 Å². The maximum atomic E-state index is 2.33. The molecule has 3 saturated carbocycles. The predicted molar refractivity (Wildman–Crippen MR) is 92.8 cm³/mol. The molecule has 2 bridgehead atoms. The Morgan fingerprint density at radius 3 is 1.59 bits per heavy atom. The summed E-state index contributed by atoms with van der Waals surface area (Å²) in [4.78, 5) is 0. The summed E-state index contributed by atoms with van der Waals surface area (Å²) in [7, 11) is 0. The van der Waals surface area contributed by atoms with Crippen molar-refractivity contribution in [3.8, 4) is 0 Å². The molecule has 0 amide bonds. The van der Waals surface area contributed by atoms with Gasteiger partial charge in [0.15, 0.2) is 0 Å². The van der Waals surface area contributed by atoms with E-state index in [1.165, 1.54) is 56.1 Å². The lowest BCUT2D eigenvalue weighted by Crippen LogP contribution is -2.44. The Balaban J connectivity index is 1.65. The van der Waals surface area contributed by atoms with Crippen molar-refractivity contribution in [1.29, 1.82) is 0 Å². The van der Waals surface area contributed by atoms with Gasteiger partial charge in [-0.15, -0.1) is 0 Å². The molecule has 2 aromatic rings. The molecule has 0 spiro atoms. The molecule has 0 aromatic heterocycles. The zero-order valence-electron chi connectivity index (χ0n) is 13.4. The SMILES string of the molecule is c1ccc(CC2(Cc3ccccc3)CC3CCC2CC3)cc1. The summed E-state index contributed by atoms with van der Waals surface area (Å²) >= 11 is 0. The van der Waals surface area contributed by atoms with Crippen molar-refractivity contribution >= 4 is 0 Å². The van der Waals surface area contributed by atoms with Gasteiger partial charge in [-0.05, 0) is 60.5 Å². The molecule has 22 heavy (non-hydrogen) atoms. The highest BCUT2D eigenvalue weighted by Crippen LogP contribution is 2.55. The van der Waals surface area contributed by atoms with Crippen molar-refractivity contribution in [2.24, 2.45) is 17.3 Å². The van der Waals surface area contributed by atoms with Crippen LogP contribution in [0.3, 0.4) is 0 Å². The van der Waals surface area contributed by atoms with Gasteiger partial charge in [-0.25, -0.2) is 0 Å². The summed E-state index contributed by atoms with van der Waals surface area (Å²) in [6.45, 7) is 0. The molecule has 3 aliphatic rings. The minimum absolute atomic E-state index is 0.504. The van der Waals surface area contributed by atoms with Gasteiger partial charge in [0.1, 0.15) is 0 Å². The van der Waals surface area contributed by atoms with Gasteiger partial charge in [-0.1, -0.05) is 73.5 Å². The maximum Gasteiger partial charge on any atom is -0.0186 e. The van der Waals surface area contributed by atoms with E-state index in [0.717, 1.165) is 11.8 Å². The third kappa shape index (κ3) is 2.72. The van der Waals surface area contributed by atoms with Crippen molar-refractivity contribution in [3.63, 3.8) is 0 Å². The number of hydrogen-bond acceptors (Lipinski definition) is 0. The van der Waals surface area contributed by atoms with Crippen LogP contribution >= 0.6 is 0 Å². The molecule has 0 heterocycles. The molecule has 3 fully saturated rings. The fourth-order valence-corrected chi connectivity index (χ4v) is 5.22. The normalized spacial score (nSPS) is 26.0. The zero-order valence-corrected chi connectivity index (χ0v) is 13.4. The second-order valence-electron chi connectivity index (χ2n) is 7.61. The summed E-state index contributed by atoms with van der Waals surface area (Å²) in [6.07, 6.45) is 9.87. The van der Waals surface area contributed by atoms with Crippen molar-refractivity contribution in [3.05, 3.63) is 71.8 Å². The van der Waals surface area contributed by atoms with Gasteiger partial charge in [0.2, 0.25) is 0 Å². The second kappa shape index (κ2) is 5.91. The van der Waals surface area contributed by atoms with Gasteiger partial charge in [0, 0.05) is 0 Å². The Bertz CT molecular complexity index is 549. The van der Waals surface area contributed by atoms with Gasteiger partial charge in [-0.3, -0.25) is 0 Å². The van der Waals surface area contributed by atoms with Gasteiger partial charge >= 0.3 is 0 Å². The van der Waals surface area contributed by atoms with Crippen LogP contribution < -0.4 is 0 Å². The molecule has 114 valence electrons. The van der Waals surface area contributed by atoms with Crippen molar-refractivity contribution in [1.82, 2.24) is 0 Å². The highest BCUT2D eigenvalue weighted by Gasteiger charge is 2.46. The van der Waals surface area contributed by atoms with Crippen LogP contribution in [-0.2, 0) is 12.8 Å². The quantitative estimate of drug-likeness (QED) is 0.680. The van der Waals surface area contributed by atoms with Crippen molar-refractivity contribution < 1.29 is 0 Å². The fraction of sp³-hybridized carbons (Fsp3) is 0.455. The molecular formula is C22H26. The Morgan fingerprint density at radius 2 is 1.18 bits per heavy atom. The molecule has 0 N–H and O–H groups in total. The monoisotopic (exact) mass is 290 g/mol. The van der Waals surface area contributed by atoms with E-state index in [9.17, 15) is 0 Å². The Labute approximate surface area is 134 Å². The lowest BCUT2D eigenvalue weighted by atomic mass is 9.52. The first-order valence-electron chi connectivity index (χ1n) is 8.92. The van der Waals surface area contributed by atoms with Crippen LogP contribution in [0, 0.1) is 17.3 Å². The van der Waals surface area contributed by atoms with Crippen LogP contribution in [0.15, 0.2) is 60.7 Å². The van der Waals surface area contributed by atoms with Gasteiger partial charge in [0.05, 0.1) is 0 Å². The Kier molecular flexibility index (Phi) is 3.78. The molecule has 5 rings (SSSR count). The van der Waals surface area contributed by atoms with Crippen LogP contribution in [0.4, 0.5) is 0 Å². The Hall–Kier alpha value is -1.56. The number of hydrogen-bond donors (Lipinski definition) is 0. The average Bonchev–Trinajstić information content (AvgIpc) is 2.57.